The predicted molar refractivity (Wildman–Crippen MR) is 36.2 cm³/mol. The number of nitrogens with two attached hydrogens (primary N) is 1. The Kier molecular flexibility index (Phi) is 3.61. The van der Waals surface area contributed by atoms with Gasteiger partial charge in [-0.25, -0.2) is 0 Å². The molecule has 0 heterocycles. The lowest BCUT2D eigenvalue weighted by atomic mass is 10.3. The van der Waals surface area contributed by atoms with Crippen LogP contribution >= 0.6 is 12.2 Å². The van der Waals surface area contributed by atoms with Crippen LogP contribution in [0.15, 0.2) is 11.8 Å². The van der Waals surface area contributed by atoms with E-state index in [2.05, 4.69) is 12.2 Å². The topological polar surface area (TPSA) is 26.0 Å². The molecule has 0 fully saturated rings. The zero-order chi connectivity index (χ0) is 5.70. The van der Waals surface area contributed by atoms with E-state index in [1.165, 1.54) is 5.37 Å². The summed E-state index contributed by atoms with van der Waals surface area (Å²) >= 11 is 4.51. The molecule has 0 aliphatic carbocycles. The first kappa shape index (κ1) is 6.63. The van der Waals surface area contributed by atoms with E-state index in [9.17, 15) is 0 Å². The molecule has 0 aromatic rings. The molecule has 0 unspecified atom stereocenters. The maximum atomic E-state index is 5.35. The van der Waals surface area contributed by atoms with Gasteiger partial charge in [-0.05, 0) is 12.5 Å². The van der Waals surface area contributed by atoms with Crippen molar-refractivity contribution in [3.05, 3.63) is 11.8 Å². The van der Waals surface area contributed by atoms with Gasteiger partial charge in [0.2, 0.25) is 0 Å². The predicted octanol–water partition coefficient (Wildman–Crippen LogP) is 1.24. The van der Waals surface area contributed by atoms with E-state index >= 15 is 0 Å². The van der Waals surface area contributed by atoms with Gasteiger partial charge in [0.15, 0.2) is 0 Å². The molecular weight excluding hydrogens is 106 g/mol. The quantitative estimate of drug-likeness (QED) is 0.433. The molecular formula is C5H9NS. The van der Waals surface area contributed by atoms with Crippen LogP contribution in [-0.4, -0.2) is 5.37 Å². The summed E-state index contributed by atoms with van der Waals surface area (Å²) in [6, 6.07) is 0. The molecule has 0 aromatic carbocycles. The zero-order valence-corrected chi connectivity index (χ0v) is 5.16. The Morgan fingerprint density at radius 2 is 2.43 bits per heavy atom. The summed E-state index contributed by atoms with van der Waals surface area (Å²) in [6.07, 6.45) is 2.61. The average Bonchev–Trinajstić information content (AvgIpc) is 1.68. The third-order valence-corrected chi connectivity index (χ3v) is 0.826. The van der Waals surface area contributed by atoms with Crippen molar-refractivity contribution in [2.24, 2.45) is 5.73 Å². The third kappa shape index (κ3) is 3.46. The Bertz CT molecular complexity index is 86.1. The molecule has 0 aromatic heterocycles. The standard InChI is InChI=1S/C5H9NS/c1-2-5(6)3-4-7/h3-4H,2,6H2,1H3. The minimum Gasteiger partial charge on any atom is -0.402 e. The van der Waals surface area contributed by atoms with Crippen LogP contribution in [0.5, 0.6) is 0 Å². The fraction of sp³-hybridized carbons (Fsp3) is 0.400. The molecule has 0 radical (unpaired) electrons. The number of hydrogen-bond donors (Lipinski definition) is 1. The van der Waals surface area contributed by atoms with Gasteiger partial charge in [-0.1, -0.05) is 19.1 Å². The molecule has 0 amide bonds. The lowest BCUT2D eigenvalue weighted by molar-refractivity contribution is 1.07. The SMILES string of the molecule is CCC(N)=CC=S. The number of allylic oxidation sites excluding steroid dienone is 2. The summed E-state index contributed by atoms with van der Waals surface area (Å²) in [5.74, 6) is 0. The van der Waals surface area contributed by atoms with Crippen molar-refractivity contribution in [3.63, 3.8) is 0 Å². The van der Waals surface area contributed by atoms with Crippen LogP contribution in [-0.2, 0) is 0 Å². The molecule has 1 nitrogen and oxygen atoms in total. The van der Waals surface area contributed by atoms with Crippen molar-refractivity contribution in [1.29, 1.82) is 0 Å². The van der Waals surface area contributed by atoms with Crippen LogP contribution in [0.25, 0.3) is 0 Å². The fourth-order valence-electron chi connectivity index (χ4n) is 0.205. The maximum absolute atomic E-state index is 5.35. The number of thiocarbonyl (C=S) groups is 1. The van der Waals surface area contributed by atoms with E-state index in [-0.39, 0.29) is 0 Å². The highest BCUT2D eigenvalue weighted by Crippen LogP contribution is 1.85. The first-order valence-electron chi connectivity index (χ1n) is 2.21. The molecule has 0 atom stereocenters. The van der Waals surface area contributed by atoms with Crippen molar-refractivity contribution in [1.82, 2.24) is 0 Å². The van der Waals surface area contributed by atoms with Crippen molar-refractivity contribution >= 4 is 17.6 Å². The molecule has 2 N–H and O–H groups in total. The van der Waals surface area contributed by atoms with E-state index in [1.807, 2.05) is 6.92 Å². The lowest BCUT2D eigenvalue weighted by Gasteiger charge is -1.86. The van der Waals surface area contributed by atoms with Gasteiger partial charge >= 0.3 is 0 Å². The van der Waals surface area contributed by atoms with Crippen molar-refractivity contribution in [3.8, 4) is 0 Å². The summed E-state index contributed by atoms with van der Waals surface area (Å²) in [6.45, 7) is 1.99. The normalized spacial score (nSPS) is 11.3. The molecule has 0 aliphatic rings. The summed E-state index contributed by atoms with van der Waals surface area (Å²) in [4.78, 5) is 0. The third-order valence-electron chi connectivity index (χ3n) is 0.690. The van der Waals surface area contributed by atoms with Gasteiger partial charge in [0, 0.05) is 11.1 Å². The monoisotopic (exact) mass is 115 g/mol. The van der Waals surface area contributed by atoms with Crippen molar-refractivity contribution in [2.45, 2.75) is 13.3 Å². The minimum atomic E-state index is 0.843. The van der Waals surface area contributed by atoms with Crippen LogP contribution in [0.3, 0.4) is 0 Å². The first-order chi connectivity index (χ1) is 3.31. The molecule has 0 bridgehead atoms. The first-order valence-corrected chi connectivity index (χ1v) is 2.68. The van der Waals surface area contributed by atoms with Gasteiger partial charge in [-0.3, -0.25) is 0 Å². The lowest BCUT2D eigenvalue weighted by Crippen LogP contribution is -1.93. The second-order valence-corrected chi connectivity index (χ2v) is 1.50. The van der Waals surface area contributed by atoms with Crippen molar-refractivity contribution in [2.75, 3.05) is 0 Å². The van der Waals surface area contributed by atoms with Gasteiger partial charge in [0.05, 0.1) is 0 Å². The number of rotatable bonds is 2. The maximum Gasteiger partial charge on any atom is 0.00860 e. The Morgan fingerprint density at radius 1 is 1.86 bits per heavy atom. The van der Waals surface area contributed by atoms with Crippen molar-refractivity contribution < 1.29 is 0 Å². The van der Waals surface area contributed by atoms with E-state index < -0.39 is 0 Å². The molecule has 7 heavy (non-hydrogen) atoms. The highest BCUT2D eigenvalue weighted by molar-refractivity contribution is 7.79. The molecule has 0 saturated heterocycles. The second-order valence-electron chi connectivity index (χ2n) is 1.23. The second kappa shape index (κ2) is 3.81. The highest BCUT2D eigenvalue weighted by atomic mass is 32.1. The highest BCUT2D eigenvalue weighted by Gasteiger charge is 1.75. The van der Waals surface area contributed by atoms with E-state index in [0.717, 1.165) is 12.1 Å². The Labute approximate surface area is 49.2 Å². The summed E-state index contributed by atoms with van der Waals surface area (Å²) < 4.78 is 0. The van der Waals surface area contributed by atoms with E-state index in [0.29, 0.717) is 0 Å². The Balaban J connectivity index is 3.49. The average molecular weight is 115 g/mol. The molecule has 0 saturated carbocycles. The van der Waals surface area contributed by atoms with Crippen LogP contribution in [0.1, 0.15) is 13.3 Å². The van der Waals surface area contributed by atoms with Gasteiger partial charge < -0.3 is 5.73 Å². The van der Waals surface area contributed by atoms with Gasteiger partial charge in [-0.15, -0.1) is 0 Å². The summed E-state index contributed by atoms with van der Waals surface area (Å²) in [5.41, 5.74) is 6.19. The molecule has 40 valence electrons. The molecule has 0 aliphatic heterocycles. The smallest absolute Gasteiger partial charge is 0.00860 e. The molecule has 0 rings (SSSR count). The zero-order valence-electron chi connectivity index (χ0n) is 4.35. The fourth-order valence-corrected chi connectivity index (χ4v) is 0.380. The van der Waals surface area contributed by atoms with E-state index in [4.69, 9.17) is 5.73 Å². The summed E-state index contributed by atoms with van der Waals surface area (Å²) in [5, 5.41) is 1.53. The molecule has 2 heteroatoms. The van der Waals surface area contributed by atoms with Crippen LogP contribution < -0.4 is 5.73 Å². The van der Waals surface area contributed by atoms with Crippen LogP contribution in [0, 0.1) is 0 Å². The summed E-state index contributed by atoms with van der Waals surface area (Å²) in [7, 11) is 0. The Morgan fingerprint density at radius 3 is 2.57 bits per heavy atom. The van der Waals surface area contributed by atoms with Crippen LogP contribution in [0.2, 0.25) is 0 Å². The number of hydrogen-bond acceptors (Lipinski definition) is 2. The van der Waals surface area contributed by atoms with E-state index in [1.54, 1.807) is 6.08 Å². The Hall–Kier alpha value is -0.370. The largest absolute Gasteiger partial charge is 0.402 e. The molecule has 0 spiro atoms. The van der Waals surface area contributed by atoms with Gasteiger partial charge in [0.25, 0.3) is 0 Å². The van der Waals surface area contributed by atoms with Crippen LogP contribution in [0.4, 0.5) is 0 Å². The minimum absolute atomic E-state index is 0.843. The van der Waals surface area contributed by atoms with Gasteiger partial charge in [0.1, 0.15) is 0 Å². The van der Waals surface area contributed by atoms with Gasteiger partial charge in [-0.2, -0.15) is 0 Å².